The van der Waals surface area contributed by atoms with Crippen molar-refractivity contribution in [1.82, 2.24) is 14.9 Å². The average Bonchev–Trinajstić information content (AvgIpc) is 2.67. The molecule has 0 N–H and O–H groups in total. The summed E-state index contributed by atoms with van der Waals surface area (Å²) in [5, 5.41) is 0.692. The number of aromatic nitrogens is 2. The molecule has 5 heteroatoms. The van der Waals surface area contributed by atoms with Gasteiger partial charge in [0.2, 0.25) is 0 Å². The normalized spacial score (nSPS) is 17.5. The molecule has 1 fully saturated rings. The van der Waals surface area contributed by atoms with E-state index in [2.05, 4.69) is 9.97 Å². The molecule has 0 unspecified atom stereocenters. The van der Waals surface area contributed by atoms with Crippen LogP contribution in [0, 0.1) is 12.7 Å². The van der Waals surface area contributed by atoms with Gasteiger partial charge in [-0.25, -0.2) is 4.39 Å². The number of aryl methyl sites for hydroxylation is 1. The van der Waals surface area contributed by atoms with E-state index in [9.17, 15) is 9.18 Å². The monoisotopic (exact) mass is 349 g/mol. The number of likely N-dealkylation sites (tertiary alicyclic amines) is 1. The van der Waals surface area contributed by atoms with Crippen molar-refractivity contribution in [2.75, 3.05) is 6.54 Å². The van der Waals surface area contributed by atoms with Gasteiger partial charge in [0, 0.05) is 36.1 Å². The molecular weight excluding hydrogens is 329 g/mol. The van der Waals surface area contributed by atoms with Gasteiger partial charge in [-0.05, 0) is 56.0 Å². The van der Waals surface area contributed by atoms with Gasteiger partial charge >= 0.3 is 0 Å². The molecule has 4 nitrogen and oxygen atoms in total. The van der Waals surface area contributed by atoms with Gasteiger partial charge in [-0.2, -0.15) is 0 Å². The minimum atomic E-state index is -0.347. The topological polar surface area (TPSA) is 46.1 Å². The first-order valence-corrected chi connectivity index (χ1v) is 8.91. The summed E-state index contributed by atoms with van der Waals surface area (Å²) in [5.41, 5.74) is 2.87. The zero-order valence-corrected chi connectivity index (χ0v) is 14.7. The molecule has 1 aliphatic heterocycles. The summed E-state index contributed by atoms with van der Waals surface area (Å²) in [4.78, 5) is 23.9. The van der Waals surface area contributed by atoms with Crippen molar-refractivity contribution in [3.63, 3.8) is 0 Å². The number of piperidine rings is 1. The summed E-state index contributed by atoms with van der Waals surface area (Å²) in [6, 6.07) is 10.2. The maximum absolute atomic E-state index is 13.6. The van der Waals surface area contributed by atoms with Crippen LogP contribution in [0.5, 0.6) is 0 Å². The third kappa shape index (κ3) is 3.05. The molecule has 1 amide bonds. The summed E-state index contributed by atoms with van der Waals surface area (Å²) < 4.78 is 13.6. The van der Waals surface area contributed by atoms with E-state index in [0.29, 0.717) is 28.7 Å². The predicted octanol–water partition coefficient (Wildman–Crippen LogP) is 4.44. The number of amides is 1. The standard InChI is InChI=1S/C21H20FN3O/c1-14-11-18(17-8-7-16(22)12-19(17)24-14)21(26)25-10-3-2-6-20(25)15-5-4-9-23-13-15/h4-5,7-9,11-13,20H,2-3,6,10H2,1H3/t20-/m0/s1. The Morgan fingerprint density at radius 1 is 1.23 bits per heavy atom. The van der Waals surface area contributed by atoms with Crippen LogP contribution in [0.3, 0.4) is 0 Å². The van der Waals surface area contributed by atoms with Gasteiger partial charge in [0.05, 0.1) is 17.1 Å². The van der Waals surface area contributed by atoms with E-state index in [1.807, 2.05) is 30.2 Å². The third-order valence-corrected chi connectivity index (χ3v) is 4.96. The first-order valence-electron chi connectivity index (χ1n) is 8.91. The van der Waals surface area contributed by atoms with Gasteiger partial charge in [0.25, 0.3) is 5.91 Å². The lowest BCUT2D eigenvalue weighted by Gasteiger charge is -2.36. The second-order valence-corrected chi connectivity index (χ2v) is 6.77. The molecule has 0 spiro atoms. The van der Waals surface area contributed by atoms with Gasteiger partial charge in [-0.3, -0.25) is 14.8 Å². The third-order valence-electron chi connectivity index (χ3n) is 4.96. The molecule has 3 heterocycles. The fraction of sp³-hybridized carbons (Fsp3) is 0.286. The second-order valence-electron chi connectivity index (χ2n) is 6.77. The number of rotatable bonds is 2. The average molecular weight is 349 g/mol. The van der Waals surface area contributed by atoms with Gasteiger partial charge in [-0.15, -0.1) is 0 Å². The molecule has 26 heavy (non-hydrogen) atoms. The minimum Gasteiger partial charge on any atom is -0.332 e. The van der Waals surface area contributed by atoms with Crippen molar-refractivity contribution in [3.8, 4) is 0 Å². The van der Waals surface area contributed by atoms with E-state index < -0.39 is 0 Å². The van der Waals surface area contributed by atoms with Gasteiger partial charge in [0.15, 0.2) is 0 Å². The maximum Gasteiger partial charge on any atom is 0.255 e. The van der Waals surface area contributed by atoms with Crippen LogP contribution in [0.1, 0.15) is 46.9 Å². The Labute approximate surface area is 151 Å². The van der Waals surface area contributed by atoms with Crippen LogP contribution in [0.15, 0.2) is 48.8 Å². The zero-order chi connectivity index (χ0) is 18.1. The number of pyridine rings is 2. The van der Waals surface area contributed by atoms with Crippen LogP contribution < -0.4 is 0 Å². The summed E-state index contributed by atoms with van der Waals surface area (Å²) in [7, 11) is 0. The van der Waals surface area contributed by atoms with E-state index >= 15 is 0 Å². The van der Waals surface area contributed by atoms with Crippen LogP contribution in [-0.2, 0) is 0 Å². The number of hydrogen-bond acceptors (Lipinski definition) is 3. The summed E-state index contributed by atoms with van der Waals surface area (Å²) in [6.07, 6.45) is 6.58. The van der Waals surface area contributed by atoms with Gasteiger partial charge in [-0.1, -0.05) is 6.07 Å². The molecule has 4 rings (SSSR count). The van der Waals surface area contributed by atoms with Crippen LogP contribution in [0.4, 0.5) is 4.39 Å². The SMILES string of the molecule is Cc1cc(C(=O)N2CCCC[C@H]2c2cccnc2)c2ccc(F)cc2n1. The van der Waals surface area contributed by atoms with Crippen LogP contribution in [0.25, 0.3) is 10.9 Å². The van der Waals surface area contributed by atoms with E-state index in [4.69, 9.17) is 0 Å². The number of carbonyl (C=O) groups excluding carboxylic acids is 1. The zero-order valence-electron chi connectivity index (χ0n) is 14.7. The lowest BCUT2D eigenvalue weighted by Crippen LogP contribution is -2.38. The molecule has 1 aromatic carbocycles. The lowest BCUT2D eigenvalue weighted by molar-refractivity contribution is 0.0613. The Morgan fingerprint density at radius 3 is 2.92 bits per heavy atom. The van der Waals surface area contributed by atoms with Crippen molar-refractivity contribution in [2.24, 2.45) is 0 Å². The summed E-state index contributed by atoms with van der Waals surface area (Å²) in [6.45, 7) is 2.54. The number of benzene rings is 1. The van der Waals surface area contributed by atoms with E-state index in [1.54, 1.807) is 18.3 Å². The molecule has 132 valence electrons. The number of fused-ring (bicyclic) bond motifs is 1. The highest BCUT2D eigenvalue weighted by atomic mass is 19.1. The Morgan fingerprint density at radius 2 is 2.12 bits per heavy atom. The highest BCUT2D eigenvalue weighted by Gasteiger charge is 2.30. The minimum absolute atomic E-state index is 0.0221. The maximum atomic E-state index is 13.6. The number of hydrogen-bond donors (Lipinski definition) is 0. The van der Waals surface area contributed by atoms with Crippen molar-refractivity contribution in [2.45, 2.75) is 32.2 Å². The van der Waals surface area contributed by atoms with E-state index in [0.717, 1.165) is 24.8 Å². The molecule has 0 saturated carbocycles. The molecule has 2 aromatic heterocycles. The molecule has 0 bridgehead atoms. The lowest BCUT2D eigenvalue weighted by atomic mass is 9.95. The highest BCUT2D eigenvalue weighted by molar-refractivity contribution is 6.06. The fourth-order valence-corrected chi connectivity index (χ4v) is 3.76. The van der Waals surface area contributed by atoms with Crippen molar-refractivity contribution < 1.29 is 9.18 Å². The molecular formula is C21H20FN3O. The Balaban J connectivity index is 1.78. The Bertz CT molecular complexity index is 953. The smallest absolute Gasteiger partial charge is 0.255 e. The molecule has 1 saturated heterocycles. The quantitative estimate of drug-likeness (QED) is 0.687. The Kier molecular flexibility index (Phi) is 4.37. The first kappa shape index (κ1) is 16.6. The van der Waals surface area contributed by atoms with Gasteiger partial charge in [0.1, 0.15) is 5.82 Å². The Hall–Kier alpha value is -2.82. The van der Waals surface area contributed by atoms with Gasteiger partial charge < -0.3 is 4.90 Å². The number of halogens is 1. The molecule has 3 aromatic rings. The molecule has 1 aliphatic rings. The second kappa shape index (κ2) is 6.83. The highest BCUT2D eigenvalue weighted by Crippen LogP contribution is 2.33. The summed E-state index contributed by atoms with van der Waals surface area (Å²) >= 11 is 0. The largest absolute Gasteiger partial charge is 0.332 e. The number of nitrogens with zero attached hydrogens (tertiary/aromatic N) is 3. The summed E-state index contributed by atoms with van der Waals surface area (Å²) in [5.74, 6) is -0.374. The molecule has 0 radical (unpaired) electrons. The van der Waals surface area contributed by atoms with Crippen molar-refractivity contribution >= 4 is 16.8 Å². The first-order chi connectivity index (χ1) is 12.6. The molecule has 1 atom stereocenters. The fourth-order valence-electron chi connectivity index (χ4n) is 3.76. The van der Waals surface area contributed by atoms with E-state index in [1.165, 1.54) is 12.1 Å². The predicted molar refractivity (Wildman–Crippen MR) is 98.3 cm³/mol. The van der Waals surface area contributed by atoms with Crippen molar-refractivity contribution in [3.05, 3.63) is 71.4 Å². The van der Waals surface area contributed by atoms with Crippen LogP contribution >= 0.6 is 0 Å². The van der Waals surface area contributed by atoms with E-state index in [-0.39, 0.29) is 17.8 Å². The van der Waals surface area contributed by atoms with Crippen molar-refractivity contribution in [1.29, 1.82) is 0 Å². The molecule has 0 aliphatic carbocycles. The van der Waals surface area contributed by atoms with Crippen LogP contribution in [0.2, 0.25) is 0 Å². The number of carbonyl (C=O) groups is 1. The van der Waals surface area contributed by atoms with Crippen LogP contribution in [-0.4, -0.2) is 27.3 Å².